The molecule has 0 bridgehead atoms. The summed E-state index contributed by atoms with van der Waals surface area (Å²) in [4.78, 5) is 0. The van der Waals surface area contributed by atoms with Crippen molar-refractivity contribution in [1.82, 2.24) is 0 Å². The second-order valence-corrected chi connectivity index (χ2v) is 14.0. The van der Waals surface area contributed by atoms with Crippen LogP contribution in [0.1, 0.15) is 0 Å². The van der Waals surface area contributed by atoms with Crippen molar-refractivity contribution in [3.63, 3.8) is 0 Å². The molecule has 0 fully saturated rings. The zero-order valence-corrected chi connectivity index (χ0v) is 12.4. The van der Waals surface area contributed by atoms with E-state index in [9.17, 15) is 16.8 Å². The molecular formula is C4H12N2O6S2Zn. The minimum absolute atomic E-state index is 0.370. The van der Waals surface area contributed by atoms with Crippen molar-refractivity contribution < 1.29 is 43.1 Å². The Hall–Kier alpha value is 0.363. The number of rotatable bonds is 6. The van der Waals surface area contributed by atoms with E-state index < -0.39 is 45.1 Å². The van der Waals surface area contributed by atoms with Gasteiger partial charge in [-0.3, -0.25) is 0 Å². The van der Waals surface area contributed by atoms with Gasteiger partial charge in [0.1, 0.15) is 0 Å². The van der Waals surface area contributed by atoms with Gasteiger partial charge in [-0.05, 0) is 0 Å². The summed E-state index contributed by atoms with van der Waals surface area (Å²) in [5.41, 5.74) is 10.2. The Morgan fingerprint density at radius 1 is 0.933 bits per heavy atom. The van der Waals surface area contributed by atoms with Gasteiger partial charge >= 0.3 is 95.5 Å². The Kier molecular flexibility index (Phi) is 5.76. The summed E-state index contributed by atoms with van der Waals surface area (Å²) in [6.45, 7) is -0.740. The fourth-order valence-electron chi connectivity index (χ4n) is 0.972. The molecule has 0 aromatic rings. The van der Waals surface area contributed by atoms with Crippen molar-refractivity contribution in [3.8, 4) is 0 Å². The van der Waals surface area contributed by atoms with Crippen LogP contribution < -0.4 is 11.5 Å². The summed E-state index contributed by atoms with van der Waals surface area (Å²) in [6.07, 6.45) is 0. The first-order valence-corrected chi connectivity index (χ1v) is 10.4. The zero-order valence-electron chi connectivity index (χ0n) is 7.77. The summed E-state index contributed by atoms with van der Waals surface area (Å²) in [7, 11) is -8.71. The Morgan fingerprint density at radius 3 is 1.33 bits per heavy atom. The van der Waals surface area contributed by atoms with E-state index in [0.717, 1.165) is 0 Å². The number of hydrogen-bond acceptors (Lipinski definition) is 6. The van der Waals surface area contributed by atoms with E-state index in [0.29, 0.717) is 0 Å². The van der Waals surface area contributed by atoms with E-state index >= 15 is 0 Å². The maximum atomic E-state index is 10.7. The molecule has 0 radical (unpaired) electrons. The van der Waals surface area contributed by atoms with Crippen molar-refractivity contribution in [1.29, 1.82) is 0 Å². The summed E-state index contributed by atoms with van der Waals surface area (Å²) < 4.78 is 57.9. The minimum atomic E-state index is -4.35. The average molecular weight is 314 g/mol. The molecule has 2 unspecified atom stereocenters. The third-order valence-corrected chi connectivity index (χ3v) is 14.9. The Morgan fingerprint density at radius 2 is 1.20 bits per heavy atom. The molecule has 6 N–H and O–H groups in total. The van der Waals surface area contributed by atoms with Crippen molar-refractivity contribution in [3.05, 3.63) is 0 Å². The normalized spacial score (nSPS) is 16.8. The van der Waals surface area contributed by atoms with Crippen LogP contribution in [-0.4, -0.2) is 46.7 Å². The first-order valence-electron chi connectivity index (χ1n) is 3.95. The molecule has 0 amide bonds. The van der Waals surface area contributed by atoms with Crippen LogP contribution >= 0.6 is 0 Å². The van der Waals surface area contributed by atoms with Gasteiger partial charge in [-0.15, -0.1) is 0 Å². The number of hydrogen-bond donors (Lipinski definition) is 4. The van der Waals surface area contributed by atoms with E-state index in [1.54, 1.807) is 0 Å². The van der Waals surface area contributed by atoms with Crippen molar-refractivity contribution >= 4 is 20.2 Å². The van der Waals surface area contributed by atoms with Gasteiger partial charge in [0.15, 0.2) is 0 Å². The van der Waals surface area contributed by atoms with Crippen LogP contribution in [0.4, 0.5) is 0 Å². The molecular weight excluding hydrogens is 302 g/mol. The summed E-state index contributed by atoms with van der Waals surface area (Å²) in [5, 5.41) is 0. The maximum absolute atomic E-state index is 10.7. The van der Waals surface area contributed by atoms with Gasteiger partial charge in [0.2, 0.25) is 0 Å². The Balaban J connectivity index is 4.83. The van der Waals surface area contributed by atoms with E-state index in [4.69, 9.17) is 20.6 Å². The summed E-state index contributed by atoms with van der Waals surface area (Å²) in [6, 6.07) is 0. The van der Waals surface area contributed by atoms with Gasteiger partial charge in [-0.25, -0.2) is 0 Å². The van der Waals surface area contributed by atoms with Crippen LogP contribution in [-0.2, 0) is 37.4 Å². The zero-order chi connectivity index (χ0) is 12.3. The van der Waals surface area contributed by atoms with Gasteiger partial charge in [0, 0.05) is 0 Å². The fourth-order valence-corrected chi connectivity index (χ4v) is 10.1. The van der Waals surface area contributed by atoms with Gasteiger partial charge in [-0.2, -0.15) is 0 Å². The molecule has 0 rings (SSSR count). The molecule has 0 aliphatic rings. The molecule has 11 heteroatoms. The molecule has 0 saturated carbocycles. The van der Waals surface area contributed by atoms with E-state index in [1.165, 1.54) is 0 Å². The third-order valence-electron chi connectivity index (χ3n) is 1.89. The van der Waals surface area contributed by atoms with Crippen molar-refractivity contribution in [2.75, 3.05) is 13.1 Å². The van der Waals surface area contributed by atoms with Crippen LogP contribution in [0.2, 0.25) is 0 Å². The molecule has 0 aliphatic carbocycles. The number of nitrogens with two attached hydrogens (primary N) is 2. The molecule has 88 valence electrons. The molecule has 2 atom stereocenters. The van der Waals surface area contributed by atoms with E-state index in [2.05, 4.69) is 0 Å². The van der Waals surface area contributed by atoms with Crippen LogP contribution in [0, 0.1) is 0 Å². The van der Waals surface area contributed by atoms with Crippen LogP contribution in [0.25, 0.3) is 0 Å². The molecule has 8 nitrogen and oxygen atoms in total. The molecule has 0 aromatic heterocycles. The molecule has 0 saturated heterocycles. The van der Waals surface area contributed by atoms with Crippen LogP contribution in [0.3, 0.4) is 0 Å². The van der Waals surface area contributed by atoms with E-state index in [-0.39, 0.29) is 13.1 Å². The summed E-state index contributed by atoms with van der Waals surface area (Å²) >= 11 is -2.37. The van der Waals surface area contributed by atoms with Crippen molar-refractivity contribution in [2.24, 2.45) is 11.5 Å². The molecule has 0 aromatic carbocycles. The Labute approximate surface area is 95.5 Å². The van der Waals surface area contributed by atoms with Gasteiger partial charge < -0.3 is 0 Å². The predicted molar refractivity (Wildman–Crippen MR) is 48.8 cm³/mol. The van der Waals surface area contributed by atoms with Gasteiger partial charge in [0.25, 0.3) is 0 Å². The summed E-state index contributed by atoms with van der Waals surface area (Å²) in [5.74, 6) is 0. The van der Waals surface area contributed by atoms with E-state index in [1.807, 2.05) is 0 Å². The molecule has 15 heavy (non-hydrogen) atoms. The first kappa shape index (κ1) is 15.4. The quantitative estimate of drug-likeness (QED) is 0.307. The average Bonchev–Trinajstić information content (AvgIpc) is 2.01. The van der Waals surface area contributed by atoms with Crippen molar-refractivity contribution in [2.45, 2.75) is 7.69 Å². The van der Waals surface area contributed by atoms with Crippen LogP contribution in [0.5, 0.6) is 0 Å². The standard InChI is InChI=1S/2C2H6NO3S.Zn/c2*3-1-2-7(4,5)6;/h2*2H,1,3H2,(H,4,5,6);. The van der Waals surface area contributed by atoms with Gasteiger partial charge in [0.05, 0.1) is 0 Å². The first-order chi connectivity index (χ1) is 6.62. The molecule has 0 aliphatic heterocycles. The third kappa shape index (κ3) is 5.29. The fraction of sp³-hybridized carbons (Fsp3) is 1.00. The topological polar surface area (TPSA) is 161 Å². The Bertz CT molecular complexity index is 353. The second-order valence-electron chi connectivity index (χ2n) is 2.98. The second kappa shape index (κ2) is 5.62. The predicted octanol–water partition coefficient (Wildman–Crippen LogP) is -2.59. The monoisotopic (exact) mass is 312 g/mol. The molecule has 0 heterocycles. The van der Waals surface area contributed by atoms with Crippen LogP contribution in [0.15, 0.2) is 0 Å². The molecule has 0 spiro atoms. The SMILES string of the molecule is NC[CH]([Zn][CH](CN)S(=O)(=O)O)S(=O)(=O)O. The van der Waals surface area contributed by atoms with Gasteiger partial charge in [-0.1, -0.05) is 0 Å².